The number of aryl methyl sites for hydroxylation is 1. The Bertz CT molecular complexity index is 761. The van der Waals surface area contributed by atoms with Crippen LogP contribution in [0.25, 0.3) is 0 Å². The standard InChI is InChI=1S/C17H17NO5S/c1-10-3-2-4-12(9-10)22-24(21)23-18-16(19)14-8-6-11-5-7-13(11)15(14)17(18)20/h2-5,7,9,11,13-15H,6,8H2,1H3. The lowest BCUT2D eigenvalue weighted by atomic mass is 9.62. The van der Waals surface area contributed by atoms with Gasteiger partial charge in [-0.05, 0) is 49.3 Å². The fourth-order valence-corrected chi connectivity index (χ4v) is 4.35. The molecule has 3 aliphatic rings. The predicted molar refractivity (Wildman–Crippen MR) is 85.2 cm³/mol. The zero-order valence-electron chi connectivity index (χ0n) is 13.1. The van der Waals surface area contributed by atoms with E-state index in [4.69, 9.17) is 8.47 Å². The van der Waals surface area contributed by atoms with Gasteiger partial charge in [-0.25, -0.2) is 0 Å². The summed E-state index contributed by atoms with van der Waals surface area (Å²) in [5.41, 5.74) is 0.937. The summed E-state index contributed by atoms with van der Waals surface area (Å²) in [5.74, 6) is -0.768. The SMILES string of the molecule is Cc1cccc(OS(=O)ON2C(=O)C3CCC4C=CC4C3C2=O)c1. The van der Waals surface area contributed by atoms with Gasteiger partial charge in [-0.2, -0.15) is 4.21 Å². The van der Waals surface area contributed by atoms with Crippen molar-refractivity contribution < 1.29 is 22.3 Å². The fourth-order valence-electron chi connectivity index (χ4n) is 3.79. The van der Waals surface area contributed by atoms with Gasteiger partial charge in [-0.15, -0.1) is 9.35 Å². The zero-order chi connectivity index (χ0) is 16.8. The maximum Gasteiger partial charge on any atom is 0.383 e. The van der Waals surface area contributed by atoms with Crippen molar-refractivity contribution in [2.75, 3.05) is 0 Å². The molecule has 5 unspecified atom stereocenters. The Hall–Kier alpha value is -1.99. The summed E-state index contributed by atoms with van der Waals surface area (Å²) in [6.07, 6.45) is 5.63. The van der Waals surface area contributed by atoms with Crippen LogP contribution in [-0.4, -0.2) is 21.1 Å². The molecule has 0 N–H and O–H groups in total. The average molecular weight is 347 g/mol. The van der Waals surface area contributed by atoms with Crippen molar-refractivity contribution in [3.05, 3.63) is 42.0 Å². The molecule has 2 aliphatic carbocycles. The molecule has 1 aromatic carbocycles. The number of benzene rings is 1. The van der Waals surface area contributed by atoms with Crippen LogP contribution in [0.15, 0.2) is 36.4 Å². The number of allylic oxidation sites excluding steroid dienone is 2. The fraction of sp³-hybridized carbons (Fsp3) is 0.412. The third-order valence-electron chi connectivity index (χ3n) is 5.03. The highest BCUT2D eigenvalue weighted by molar-refractivity contribution is 7.75. The number of carbonyl (C=O) groups is 2. The first kappa shape index (κ1) is 15.5. The van der Waals surface area contributed by atoms with Crippen LogP contribution in [-0.2, 0) is 25.2 Å². The van der Waals surface area contributed by atoms with Gasteiger partial charge < -0.3 is 4.18 Å². The molecule has 5 atom stereocenters. The van der Waals surface area contributed by atoms with Crippen LogP contribution in [0.2, 0.25) is 0 Å². The van der Waals surface area contributed by atoms with Crippen molar-refractivity contribution >= 4 is 23.2 Å². The average Bonchev–Trinajstić information content (AvgIpc) is 2.72. The number of imide groups is 1. The summed E-state index contributed by atoms with van der Waals surface area (Å²) in [6.45, 7) is 1.87. The second-order valence-corrected chi connectivity index (χ2v) is 7.21. The molecular formula is C17H17NO5S. The van der Waals surface area contributed by atoms with Gasteiger partial charge in [-0.3, -0.25) is 9.59 Å². The quantitative estimate of drug-likeness (QED) is 0.616. The molecule has 7 heteroatoms. The van der Waals surface area contributed by atoms with Crippen LogP contribution in [0.4, 0.5) is 0 Å². The van der Waals surface area contributed by atoms with Crippen LogP contribution in [0.3, 0.4) is 0 Å². The Balaban J connectivity index is 1.46. The predicted octanol–water partition coefficient (Wildman–Crippen LogP) is 2.08. The molecule has 1 heterocycles. The summed E-state index contributed by atoms with van der Waals surface area (Å²) >= 11 is -2.26. The lowest BCUT2D eigenvalue weighted by molar-refractivity contribution is -0.165. The lowest BCUT2D eigenvalue weighted by Crippen LogP contribution is -2.39. The molecule has 0 bridgehead atoms. The van der Waals surface area contributed by atoms with Crippen molar-refractivity contribution in [3.8, 4) is 5.75 Å². The molecular weight excluding hydrogens is 330 g/mol. The van der Waals surface area contributed by atoms with Crippen LogP contribution in [0, 0.1) is 30.6 Å². The normalized spacial score (nSPS) is 32.1. The molecule has 1 aliphatic heterocycles. The van der Waals surface area contributed by atoms with Crippen LogP contribution in [0.1, 0.15) is 18.4 Å². The summed E-state index contributed by atoms with van der Waals surface area (Å²) in [4.78, 5) is 25.0. The molecule has 1 saturated heterocycles. The molecule has 24 heavy (non-hydrogen) atoms. The Morgan fingerprint density at radius 3 is 2.71 bits per heavy atom. The molecule has 2 fully saturated rings. The van der Waals surface area contributed by atoms with E-state index in [1.54, 1.807) is 18.2 Å². The largest absolute Gasteiger partial charge is 0.383 e. The van der Waals surface area contributed by atoms with Gasteiger partial charge >= 0.3 is 11.4 Å². The van der Waals surface area contributed by atoms with Gasteiger partial charge in [-0.1, -0.05) is 24.3 Å². The van der Waals surface area contributed by atoms with Crippen molar-refractivity contribution in [2.24, 2.45) is 23.7 Å². The molecule has 126 valence electrons. The van der Waals surface area contributed by atoms with E-state index in [0.717, 1.165) is 12.0 Å². The number of rotatable bonds is 4. The molecule has 0 spiro atoms. The van der Waals surface area contributed by atoms with E-state index >= 15 is 0 Å². The van der Waals surface area contributed by atoms with Gasteiger partial charge in [0, 0.05) is 0 Å². The first-order valence-electron chi connectivity index (χ1n) is 7.96. The first-order valence-corrected chi connectivity index (χ1v) is 8.96. The third kappa shape index (κ3) is 2.48. The molecule has 4 rings (SSSR count). The van der Waals surface area contributed by atoms with E-state index < -0.39 is 29.1 Å². The summed E-state index contributed by atoms with van der Waals surface area (Å²) < 4.78 is 22.2. The van der Waals surface area contributed by atoms with Gasteiger partial charge in [0.15, 0.2) is 0 Å². The van der Waals surface area contributed by atoms with Crippen molar-refractivity contribution in [1.29, 1.82) is 0 Å². The molecule has 2 amide bonds. The Morgan fingerprint density at radius 1 is 1.17 bits per heavy atom. The Morgan fingerprint density at radius 2 is 2.00 bits per heavy atom. The zero-order valence-corrected chi connectivity index (χ0v) is 13.9. The first-order chi connectivity index (χ1) is 11.5. The van der Waals surface area contributed by atoms with E-state index in [1.807, 2.05) is 19.1 Å². The molecule has 1 aromatic rings. The maximum atomic E-state index is 12.5. The van der Waals surface area contributed by atoms with Gasteiger partial charge in [0.25, 0.3) is 11.8 Å². The second-order valence-electron chi connectivity index (χ2n) is 6.49. The van der Waals surface area contributed by atoms with Gasteiger partial charge in [0.05, 0.1) is 11.8 Å². The highest BCUT2D eigenvalue weighted by Gasteiger charge is 2.56. The van der Waals surface area contributed by atoms with Crippen molar-refractivity contribution in [3.63, 3.8) is 0 Å². The van der Waals surface area contributed by atoms with E-state index in [2.05, 4.69) is 6.08 Å². The van der Waals surface area contributed by atoms with Gasteiger partial charge in [0.2, 0.25) is 0 Å². The Labute approximate surface area is 142 Å². The number of hydrogen-bond acceptors (Lipinski definition) is 5. The molecule has 1 saturated carbocycles. The van der Waals surface area contributed by atoms with E-state index in [-0.39, 0.29) is 11.8 Å². The number of carbonyl (C=O) groups excluding carboxylic acids is 2. The molecule has 0 radical (unpaired) electrons. The number of hydrogen-bond donors (Lipinski definition) is 0. The van der Waals surface area contributed by atoms with Gasteiger partial charge in [0.1, 0.15) is 5.75 Å². The van der Waals surface area contributed by atoms with Crippen LogP contribution < -0.4 is 4.18 Å². The smallest absolute Gasteiger partial charge is 0.379 e. The molecule has 0 aromatic heterocycles. The summed E-state index contributed by atoms with van der Waals surface area (Å²) in [6, 6.07) is 6.95. The number of fused-ring (bicyclic) bond motifs is 3. The Kier molecular flexibility index (Phi) is 3.77. The van der Waals surface area contributed by atoms with E-state index in [9.17, 15) is 13.8 Å². The number of amides is 2. The number of nitrogens with zero attached hydrogens (tertiary/aromatic N) is 1. The monoisotopic (exact) mass is 347 g/mol. The minimum Gasteiger partial charge on any atom is -0.379 e. The van der Waals surface area contributed by atoms with Crippen molar-refractivity contribution in [2.45, 2.75) is 19.8 Å². The van der Waals surface area contributed by atoms with Crippen LogP contribution in [0.5, 0.6) is 5.75 Å². The maximum absolute atomic E-state index is 12.5. The summed E-state index contributed by atoms with van der Waals surface area (Å²) in [5, 5.41) is 0.649. The molecule has 6 nitrogen and oxygen atoms in total. The highest BCUT2D eigenvalue weighted by atomic mass is 32.2. The summed E-state index contributed by atoms with van der Waals surface area (Å²) in [7, 11) is 0. The highest BCUT2D eigenvalue weighted by Crippen LogP contribution is 2.49. The second kappa shape index (κ2) is 5.82. The van der Waals surface area contributed by atoms with E-state index in [1.165, 1.54) is 0 Å². The van der Waals surface area contributed by atoms with Crippen molar-refractivity contribution in [1.82, 2.24) is 5.06 Å². The minimum absolute atomic E-state index is 0.0972. The lowest BCUT2D eigenvalue weighted by Gasteiger charge is -2.39. The van der Waals surface area contributed by atoms with E-state index in [0.29, 0.717) is 23.2 Å². The number of hydroxylamine groups is 2. The third-order valence-corrected chi connectivity index (χ3v) is 5.63. The van der Waals surface area contributed by atoms with Crippen LogP contribution >= 0.6 is 0 Å². The topological polar surface area (TPSA) is 72.9 Å². The minimum atomic E-state index is -2.26.